The van der Waals surface area contributed by atoms with Gasteiger partial charge in [-0.1, -0.05) is 18.2 Å². The Balaban J connectivity index is 1.38. The lowest BCUT2D eigenvalue weighted by molar-refractivity contribution is 0.0935. The monoisotopic (exact) mass is 407 g/mol. The topological polar surface area (TPSA) is 67.0 Å². The van der Waals surface area contributed by atoms with Crippen LogP contribution in [0, 0.1) is 11.6 Å². The Bertz CT molecular complexity index is 1190. The molecule has 0 saturated heterocycles. The third kappa shape index (κ3) is 4.30. The zero-order chi connectivity index (χ0) is 21.1. The van der Waals surface area contributed by atoms with Gasteiger partial charge in [0.15, 0.2) is 0 Å². The Labute approximate surface area is 171 Å². The van der Waals surface area contributed by atoms with E-state index in [-0.39, 0.29) is 30.2 Å². The first kappa shape index (κ1) is 19.6. The fourth-order valence-corrected chi connectivity index (χ4v) is 3.08. The number of carbonyl (C=O) groups is 1. The van der Waals surface area contributed by atoms with E-state index in [1.165, 1.54) is 24.4 Å². The maximum atomic E-state index is 13.7. The normalized spacial score (nSPS) is 12.0. The van der Waals surface area contributed by atoms with Crippen LogP contribution >= 0.6 is 0 Å². The highest BCUT2D eigenvalue weighted by Gasteiger charge is 2.15. The summed E-state index contributed by atoms with van der Waals surface area (Å²) in [4.78, 5) is 19.8. The fraction of sp³-hybridized carbons (Fsp3) is 0.130. The summed E-state index contributed by atoms with van der Waals surface area (Å²) in [6.45, 7) is 1.91. The molecule has 2 heterocycles. The maximum absolute atomic E-state index is 13.7. The van der Waals surface area contributed by atoms with Crippen molar-refractivity contribution in [3.05, 3.63) is 95.4 Å². The summed E-state index contributed by atoms with van der Waals surface area (Å²) in [5.74, 6) is -0.500. The molecule has 4 rings (SSSR count). The summed E-state index contributed by atoms with van der Waals surface area (Å²) in [6.07, 6.45) is 1.53. The van der Waals surface area contributed by atoms with Crippen LogP contribution in [0.25, 0.3) is 10.9 Å². The fourth-order valence-electron chi connectivity index (χ4n) is 3.08. The summed E-state index contributed by atoms with van der Waals surface area (Å²) in [7, 11) is 0. The molecule has 1 amide bonds. The zero-order valence-corrected chi connectivity index (χ0v) is 16.2. The zero-order valence-electron chi connectivity index (χ0n) is 16.2. The minimum Gasteiger partial charge on any atom is -0.487 e. The molecule has 0 aliphatic heterocycles. The average Bonchev–Trinajstić information content (AvgIpc) is 3.17. The van der Waals surface area contributed by atoms with Crippen molar-refractivity contribution in [2.45, 2.75) is 19.6 Å². The third-order valence-corrected chi connectivity index (χ3v) is 4.73. The minimum absolute atomic E-state index is 0.0982. The molecule has 0 radical (unpaired) electrons. The van der Waals surface area contributed by atoms with Gasteiger partial charge in [-0.25, -0.2) is 8.78 Å². The molecule has 1 atom stereocenters. The number of benzene rings is 2. The molecule has 0 aliphatic carbocycles. The van der Waals surface area contributed by atoms with Crippen molar-refractivity contribution in [1.82, 2.24) is 15.3 Å². The van der Waals surface area contributed by atoms with Crippen LogP contribution in [-0.2, 0) is 6.61 Å². The van der Waals surface area contributed by atoms with Crippen molar-refractivity contribution in [2.75, 3.05) is 0 Å². The number of H-pyrrole nitrogens is 1. The predicted molar refractivity (Wildman–Crippen MR) is 109 cm³/mol. The van der Waals surface area contributed by atoms with E-state index < -0.39 is 0 Å². The number of amides is 1. The molecule has 7 heteroatoms. The molecule has 0 bridgehead atoms. The highest BCUT2D eigenvalue weighted by Crippen LogP contribution is 2.19. The van der Waals surface area contributed by atoms with E-state index in [9.17, 15) is 13.6 Å². The molecule has 1 unspecified atom stereocenters. The van der Waals surface area contributed by atoms with Crippen molar-refractivity contribution in [3.8, 4) is 5.75 Å². The first-order valence-corrected chi connectivity index (χ1v) is 9.41. The Kier molecular flexibility index (Phi) is 5.43. The van der Waals surface area contributed by atoms with Gasteiger partial charge >= 0.3 is 0 Å². The van der Waals surface area contributed by atoms with Gasteiger partial charge in [0.25, 0.3) is 5.91 Å². The van der Waals surface area contributed by atoms with E-state index >= 15 is 0 Å². The van der Waals surface area contributed by atoms with E-state index in [2.05, 4.69) is 15.3 Å². The number of fused-ring (bicyclic) bond motifs is 1. The van der Waals surface area contributed by atoms with Gasteiger partial charge in [0.1, 0.15) is 29.7 Å². The molecule has 5 nitrogen and oxygen atoms in total. The number of aromatic amines is 1. The molecular formula is C23H19F2N3O2. The number of pyridine rings is 1. The SMILES string of the molecule is CC(NC(=O)c1cc2cc(F)ccc2[nH]1)c1ccc(OCc2ccccc2F)cn1. The lowest BCUT2D eigenvalue weighted by Crippen LogP contribution is -2.27. The number of aromatic nitrogens is 2. The minimum atomic E-state index is -0.360. The van der Waals surface area contributed by atoms with Crippen LogP contribution < -0.4 is 10.1 Å². The van der Waals surface area contributed by atoms with Gasteiger partial charge in [0, 0.05) is 16.5 Å². The van der Waals surface area contributed by atoms with Crippen molar-refractivity contribution in [3.63, 3.8) is 0 Å². The van der Waals surface area contributed by atoms with Gasteiger partial charge in [-0.3, -0.25) is 9.78 Å². The van der Waals surface area contributed by atoms with Crippen LogP contribution in [0.3, 0.4) is 0 Å². The van der Waals surface area contributed by atoms with E-state index in [1.807, 2.05) is 6.92 Å². The summed E-state index contributed by atoms with van der Waals surface area (Å²) in [5.41, 5.74) is 2.13. The Morgan fingerprint density at radius 3 is 2.73 bits per heavy atom. The quantitative estimate of drug-likeness (QED) is 0.477. The number of nitrogens with zero attached hydrogens (tertiary/aromatic N) is 1. The Morgan fingerprint density at radius 2 is 1.97 bits per heavy atom. The second kappa shape index (κ2) is 8.32. The van der Waals surface area contributed by atoms with Crippen LogP contribution in [0.1, 0.15) is 34.7 Å². The van der Waals surface area contributed by atoms with Gasteiger partial charge < -0.3 is 15.0 Å². The third-order valence-electron chi connectivity index (χ3n) is 4.73. The van der Waals surface area contributed by atoms with Crippen molar-refractivity contribution in [2.24, 2.45) is 0 Å². The van der Waals surface area contributed by atoms with Crippen LogP contribution in [0.5, 0.6) is 5.75 Å². The van der Waals surface area contributed by atoms with Gasteiger partial charge in [-0.15, -0.1) is 0 Å². The number of nitrogens with one attached hydrogen (secondary N) is 2. The largest absolute Gasteiger partial charge is 0.487 e. The summed E-state index contributed by atoms with van der Waals surface area (Å²) < 4.78 is 32.6. The number of carbonyl (C=O) groups excluding carboxylic acids is 1. The molecular weight excluding hydrogens is 388 g/mol. The summed E-state index contributed by atoms with van der Waals surface area (Å²) in [5, 5.41) is 3.48. The lowest BCUT2D eigenvalue weighted by Gasteiger charge is -2.13. The Hall–Kier alpha value is -3.74. The van der Waals surface area contributed by atoms with E-state index in [4.69, 9.17) is 4.74 Å². The highest BCUT2D eigenvalue weighted by atomic mass is 19.1. The van der Waals surface area contributed by atoms with Crippen LogP contribution in [0.2, 0.25) is 0 Å². The lowest BCUT2D eigenvalue weighted by atomic mass is 10.2. The van der Waals surface area contributed by atoms with Gasteiger partial charge in [-0.2, -0.15) is 0 Å². The van der Waals surface area contributed by atoms with Crippen LogP contribution in [0.4, 0.5) is 8.78 Å². The second-order valence-corrected chi connectivity index (χ2v) is 6.91. The summed E-state index contributed by atoms with van der Waals surface area (Å²) >= 11 is 0. The first-order valence-electron chi connectivity index (χ1n) is 9.41. The standard InChI is InChI=1S/C23H19F2N3O2/c1-14(27-23(29)22-11-16-10-17(24)6-8-21(16)28-22)20-9-7-18(12-26-20)30-13-15-4-2-3-5-19(15)25/h2-12,14,28H,13H2,1H3,(H,27,29). The molecule has 0 fully saturated rings. The maximum Gasteiger partial charge on any atom is 0.268 e. The molecule has 0 aliphatic rings. The molecule has 0 spiro atoms. The molecule has 2 aromatic heterocycles. The van der Waals surface area contributed by atoms with E-state index in [1.54, 1.807) is 42.5 Å². The van der Waals surface area contributed by atoms with Gasteiger partial charge in [0.05, 0.1) is 17.9 Å². The number of rotatable bonds is 6. The van der Waals surface area contributed by atoms with Crippen molar-refractivity contribution < 1.29 is 18.3 Å². The average molecular weight is 407 g/mol. The molecule has 152 valence electrons. The molecule has 2 N–H and O–H groups in total. The molecule has 2 aromatic carbocycles. The molecule has 30 heavy (non-hydrogen) atoms. The van der Waals surface area contributed by atoms with Gasteiger partial charge in [-0.05, 0) is 49.4 Å². The molecule has 4 aromatic rings. The van der Waals surface area contributed by atoms with E-state index in [0.717, 1.165) is 0 Å². The second-order valence-electron chi connectivity index (χ2n) is 6.91. The predicted octanol–water partition coefficient (Wildman–Crippen LogP) is 4.91. The first-order chi connectivity index (χ1) is 14.5. The van der Waals surface area contributed by atoms with Crippen molar-refractivity contribution in [1.29, 1.82) is 0 Å². The van der Waals surface area contributed by atoms with E-state index in [0.29, 0.717) is 33.6 Å². The smallest absolute Gasteiger partial charge is 0.268 e. The number of ether oxygens (including phenoxy) is 1. The molecule has 0 saturated carbocycles. The number of hydrogen-bond donors (Lipinski definition) is 2. The van der Waals surface area contributed by atoms with Crippen LogP contribution in [0.15, 0.2) is 66.9 Å². The van der Waals surface area contributed by atoms with Gasteiger partial charge in [0.2, 0.25) is 0 Å². The van der Waals surface area contributed by atoms with Crippen molar-refractivity contribution >= 4 is 16.8 Å². The number of halogens is 2. The highest BCUT2D eigenvalue weighted by molar-refractivity contribution is 5.98. The number of hydrogen-bond acceptors (Lipinski definition) is 3. The Morgan fingerprint density at radius 1 is 1.13 bits per heavy atom. The summed E-state index contributed by atoms with van der Waals surface area (Å²) in [6, 6.07) is 15.4. The van der Waals surface area contributed by atoms with Crippen LogP contribution in [-0.4, -0.2) is 15.9 Å².